The Hall–Kier alpha value is -1.35. The fraction of sp³-hybridized carbons (Fsp3) is 0.500. The molecule has 1 atom stereocenters. The van der Waals surface area contributed by atoms with Gasteiger partial charge in [-0.3, -0.25) is 9.79 Å². The van der Waals surface area contributed by atoms with Gasteiger partial charge < -0.3 is 20.3 Å². The zero-order valence-corrected chi connectivity index (χ0v) is 15.6. The molecule has 6 nitrogen and oxygen atoms in total. The van der Waals surface area contributed by atoms with Gasteiger partial charge in [0.15, 0.2) is 5.96 Å². The van der Waals surface area contributed by atoms with Crippen LogP contribution in [0.25, 0.3) is 0 Å². The lowest BCUT2D eigenvalue weighted by Crippen LogP contribution is -2.35. The van der Waals surface area contributed by atoms with Crippen LogP contribution in [0.1, 0.15) is 18.4 Å². The van der Waals surface area contributed by atoms with Crippen molar-refractivity contribution in [3.8, 4) is 0 Å². The lowest BCUT2D eigenvalue weighted by molar-refractivity contribution is -0.124. The van der Waals surface area contributed by atoms with Crippen LogP contribution in [0.2, 0.25) is 0 Å². The van der Waals surface area contributed by atoms with E-state index in [1.165, 1.54) is 0 Å². The summed E-state index contributed by atoms with van der Waals surface area (Å²) < 4.78 is 5.40. The third-order valence-electron chi connectivity index (χ3n) is 3.93. The van der Waals surface area contributed by atoms with Crippen LogP contribution >= 0.6 is 24.0 Å². The molecule has 1 aromatic carbocycles. The van der Waals surface area contributed by atoms with Gasteiger partial charge >= 0.3 is 0 Å². The summed E-state index contributed by atoms with van der Waals surface area (Å²) in [5.41, 5.74) is 1.91. The largest absolute Gasteiger partial charge is 0.368 e. The Morgan fingerprint density at radius 3 is 3.04 bits per heavy atom. The van der Waals surface area contributed by atoms with Gasteiger partial charge in [0, 0.05) is 32.4 Å². The van der Waals surface area contributed by atoms with Crippen LogP contribution in [-0.2, 0) is 16.1 Å². The van der Waals surface area contributed by atoms with Crippen LogP contribution in [0.15, 0.2) is 29.3 Å². The highest BCUT2D eigenvalue weighted by molar-refractivity contribution is 14.0. The maximum absolute atomic E-state index is 12.1. The van der Waals surface area contributed by atoms with Gasteiger partial charge in [0.25, 0.3) is 5.91 Å². The summed E-state index contributed by atoms with van der Waals surface area (Å²) in [6.07, 6.45) is 1.46. The highest BCUT2D eigenvalue weighted by Crippen LogP contribution is 2.16. The predicted molar refractivity (Wildman–Crippen MR) is 101 cm³/mol. The average Bonchev–Trinajstić information content (AvgIpc) is 3.17. The van der Waals surface area contributed by atoms with Crippen LogP contribution in [0.3, 0.4) is 0 Å². The molecule has 3 rings (SSSR count). The summed E-state index contributed by atoms with van der Waals surface area (Å²) in [6.45, 7) is 3.17. The minimum atomic E-state index is -0.303. The Morgan fingerprint density at radius 1 is 1.48 bits per heavy atom. The van der Waals surface area contributed by atoms with Crippen molar-refractivity contribution in [2.45, 2.75) is 25.5 Å². The van der Waals surface area contributed by atoms with Crippen molar-refractivity contribution >= 4 is 41.5 Å². The summed E-state index contributed by atoms with van der Waals surface area (Å²) >= 11 is 0. The van der Waals surface area contributed by atoms with Crippen LogP contribution in [0.5, 0.6) is 0 Å². The van der Waals surface area contributed by atoms with Crippen molar-refractivity contribution in [2.24, 2.45) is 4.99 Å². The number of halogens is 1. The zero-order chi connectivity index (χ0) is 15.4. The number of likely N-dealkylation sites (N-methyl/N-ethyl adjacent to an activating group) is 1. The molecule has 0 saturated carbocycles. The van der Waals surface area contributed by atoms with E-state index in [1.54, 1.807) is 0 Å². The van der Waals surface area contributed by atoms with E-state index < -0.39 is 0 Å². The molecule has 0 spiro atoms. The third kappa shape index (κ3) is 4.81. The van der Waals surface area contributed by atoms with E-state index in [-0.39, 0.29) is 36.0 Å². The highest BCUT2D eigenvalue weighted by Gasteiger charge is 2.23. The average molecular weight is 430 g/mol. The molecule has 23 heavy (non-hydrogen) atoms. The molecule has 2 aliphatic rings. The summed E-state index contributed by atoms with van der Waals surface area (Å²) in [7, 11) is 2.02. The number of nitrogens with zero attached hydrogens (tertiary/aromatic N) is 2. The number of benzene rings is 1. The number of ether oxygens (including phenoxy) is 1. The first-order valence-electron chi connectivity index (χ1n) is 7.73. The minimum Gasteiger partial charge on any atom is -0.368 e. The monoisotopic (exact) mass is 430 g/mol. The van der Waals surface area contributed by atoms with Crippen molar-refractivity contribution in [3.63, 3.8) is 0 Å². The van der Waals surface area contributed by atoms with Gasteiger partial charge in [-0.2, -0.15) is 0 Å². The molecule has 1 saturated heterocycles. The molecule has 0 radical (unpaired) electrons. The van der Waals surface area contributed by atoms with Gasteiger partial charge in [-0.15, -0.1) is 24.0 Å². The molecular weight excluding hydrogens is 407 g/mol. The smallest absolute Gasteiger partial charge is 0.253 e. The zero-order valence-electron chi connectivity index (χ0n) is 13.2. The van der Waals surface area contributed by atoms with Gasteiger partial charge in [0.1, 0.15) is 6.10 Å². The summed E-state index contributed by atoms with van der Waals surface area (Å²) in [6, 6.07) is 7.86. The highest BCUT2D eigenvalue weighted by atomic mass is 127. The van der Waals surface area contributed by atoms with Gasteiger partial charge in [-0.25, -0.2) is 0 Å². The Balaban J connectivity index is 0.00000192. The van der Waals surface area contributed by atoms with Crippen molar-refractivity contribution in [3.05, 3.63) is 29.8 Å². The second-order valence-electron chi connectivity index (χ2n) is 5.67. The van der Waals surface area contributed by atoms with Crippen LogP contribution in [-0.4, -0.2) is 49.6 Å². The summed E-state index contributed by atoms with van der Waals surface area (Å²) in [5, 5.41) is 6.25. The third-order valence-corrected chi connectivity index (χ3v) is 3.93. The van der Waals surface area contributed by atoms with Crippen LogP contribution < -0.4 is 10.6 Å². The molecule has 0 aromatic heterocycles. The standard InChI is InChI=1S/C16H22N4O2.HI/c1-20-8-7-17-16(20)18-11-12-4-2-5-13(10-12)19-15(21)14-6-3-9-22-14;/h2,4-5,10,14H,3,6-9,11H2,1H3,(H,17,18)(H,19,21);1H. The number of carbonyl (C=O) groups excluding carboxylic acids is 1. The van der Waals surface area contributed by atoms with Crippen molar-refractivity contribution in [1.82, 2.24) is 10.2 Å². The molecule has 7 heteroatoms. The van der Waals surface area contributed by atoms with E-state index in [9.17, 15) is 4.79 Å². The number of amides is 1. The minimum absolute atomic E-state index is 0. The van der Waals surface area contributed by atoms with Crippen molar-refractivity contribution in [1.29, 1.82) is 0 Å². The maximum Gasteiger partial charge on any atom is 0.253 e. The number of anilines is 1. The maximum atomic E-state index is 12.1. The molecule has 0 aliphatic carbocycles. The van der Waals surface area contributed by atoms with Crippen LogP contribution in [0, 0.1) is 0 Å². The number of aliphatic imine (C=N–C) groups is 1. The first-order valence-corrected chi connectivity index (χ1v) is 7.73. The van der Waals surface area contributed by atoms with Gasteiger partial charge in [0.05, 0.1) is 6.54 Å². The van der Waals surface area contributed by atoms with E-state index in [0.717, 1.165) is 43.1 Å². The molecule has 126 valence electrons. The van der Waals surface area contributed by atoms with Crippen LogP contribution in [0.4, 0.5) is 5.69 Å². The Morgan fingerprint density at radius 2 is 2.35 bits per heavy atom. The van der Waals surface area contributed by atoms with Crippen molar-refractivity contribution < 1.29 is 9.53 Å². The Kier molecular flexibility index (Phi) is 6.64. The van der Waals surface area contributed by atoms with Gasteiger partial charge in [-0.05, 0) is 30.5 Å². The van der Waals surface area contributed by atoms with E-state index in [1.807, 2.05) is 31.3 Å². The second kappa shape index (κ2) is 8.49. The van der Waals surface area contributed by atoms with E-state index >= 15 is 0 Å². The fourth-order valence-corrected chi connectivity index (χ4v) is 2.67. The lowest BCUT2D eigenvalue weighted by atomic mass is 10.2. The first-order chi connectivity index (χ1) is 10.7. The summed E-state index contributed by atoms with van der Waals surface area (Å²) in [4.78, 5) is 18.6. The summed E-state index contributed by atoms with van der Waals surface area (Å²) in [5.74, 6) is 0.872. The SMILES string of the molecule is CN1CCN=C1NCc1cccc(NC(=O)C2CCCO2)c1.I. The fourth-order valence-electron chi connectivity index (χ4n) is 2.67. The van der Waals surface area contributed by atoms with E-state index in [2.05, 4.69) is 20.5 Å². The molecule has 2 heterocycles. The van der Waals surface area contributed by atoms with E-state index in [4.69, 9.17) is 4.74 Å². The Bertz CT molecular complexity index is 573. The molecule has 1 aromatic rings. The predicted octanol–water partition coefficient (Wildman–Crippen LogP) is 1.81. The molecular formula is C16H23IN4O2. The number of hydrogen-bond donors (Lipinski definition) is 2. The molecule has 1 fully saturated rings. The number of hydrogen-bond acceptors (Lipinski definition) is 5. The number of rotatable bonds is 4. The van der Waals surface area contributed by atoms with Crippen molar-refractivity contribution in [2.75, 3.05) is 32.1 Å². The van der Waals surface area contributed by atoms with E-state index in [0.29, 0.717) is 13.2 Å². The van der Waals surface area contributed by atoms with Gasteiger partial charge in [-0.1, -0.05) is 12.1 Å². The molecule has 0 bridgehead atoms. The number of nitrogens with one attached hydrogen (secondary N) is 2. The molecule has 2 aliphatic heterocycles. The first kappa shape index (κ1) is 18.0. The lowest BCUT2D eigenvalue weighted by Gasteiger charge is -2.16. The topological polar surface area (TPSA) is 66.0 Å². The number of carbonyl (C=O) groups is 1. The second-order valence-corrected chi connectivity index (χ2v) is 5.67. The number of guanidine groups is 1. The molecule has 2 N–H and O–H groups in total. The molecule has 1 unspecified atom stereocenters. The van der Waals surface area contributed by atoms with Gasteiger partial charge in [0.2, 0.25) is 0 Å². The normalized spacial score (nSPS) is 20.0. The molecule has 1 amide bonds. The quantitative estimate of drug-likeness (QED) is 0.716. The Labute approximate surface area is 153 Å².